The largest absolute Gasteiger partial charge is 0.308 e. The minimum atomic E-state index is 0.131. The zero-order valence-corrected chi connectivity index (χ0v) is 14.2. The van der Waals surface area contributed by atoms with Crippen molar-refractivity contribution in [1.29, 1.82) is 0 Å². The van der Waals surface area contributed by atoms with Crippen LogP contribution in [0.5, 0.6) is 0 Å². The Morgan fingerprint density at radius 2 is 1.72 bits per heavy atom. The van der Waals surface area contributed by atoms with E-state index >= 15 is 0 Å². The number of pyridine rings is 1. The third-order valence-corrected chi connectivity index (χ3v) is 5.49. The summed E-state index contributed by atoms with van der Waals surface area (Å²) in [4.78, 5) is 22.4. The Bertz CT molecular complexity index is 975. The van der Waals surface area contributed by atoms with E-state index in [2.05, 4.69) is 11.0 Å². The van der Waals surface area contributed by atoms with E-state index < -0.39 is 0 Å². The zero-order valence-electron chi connectivity index (χ0n) is 14.2. The van der Waals surface area contributed by atoms with Gasteiger partial charge in [-0.05, 0) is 57.1 Å². The molecule has 1 aromatic heterocycles. The van der Waals surface area contributed by atoms with Gasteiger partial charge in [0.05, 0.1) is 22.3 Å². The maximum atomic E-state index is 13.2. The summed E-state index contributed by atoms with van der Waals surface area (Å²) in [5, 5.41) is 1.99. The monoisotopic (exact) mass is 331 g/mol. The van der Waals surface area contributed by atoms with Crippen LogP contribution >= 0.6 is 0 Å². The van der Waals surface area contributed by atoms with Gasteiger partial charge in [-0.15, -0.1) is 0 Å². The Hall–Kier alpha value is -2.46. The second-order valence-corrected chi connectivity index (χ2v) is 7.03. The molecule has 5 rings (SSSR count). The summed E-state index contributed by atoms with van der Waals surface area (Å²) >= 11 is 0. The Labute approximate surface area is 147 Å². The van der Waals surface area contributed by atoms with Crippen molar-refractivity contribution in [3.63, 3.8) is 0 Å². The molecule has 2 aliphatic heterocycles. The van der Waals surface area contributed by atoms with E-state index in [1.54, 1.807) is 0 Å². The molecular formula is C21H21N3O. The van der Waals surface area contributed by atoms with Crippen LogP contribution in [0.25, 0.3) is 21.8 Å². The summed E-state index contributed by atoms with van der Waals surface area (Å²) in [6.07, 6.45) is 3.64. The highest BCUT2D eigenvalue weighted by molar-refractivity contribution is 6.30. The summed E-state index contributed by atoms with van der Waals surface area (Å²) < 4.78 is 0. The van der Waals surface area contributed by atoms with Gasteiger partial charge < -0.3 is 9.80 Å². The first-order valence-corrected chi connectivity index (χ1v) is 9.18. The van der Waals surface area contributed by atoms with E-state index in [-0.39, 0.29) is 5.91 Å². The number of para-hydroxylation sites is 1. The van der Waals surface area contributed by atoms with Gasteiger partial charge in [0.2, 0.25) is 0 Å². The third-order valence-electron chi connectivity index (χ3n) is 5.49. The molecule has 126 valence electrons. The van der Waals surface area contributed by atoms with Crippen LogP contribution in [0.4, 0.5) is 5.69 Å². The average molecular weight is 331 g/mol. The minimum absolute atomic E-state index is 0.131. The van der Waals surface area contributed by atoms with Gasteiger partial charge in [-0.25, -0.2) is 4.98 Å². The van der Waals surface area contributed by atoms with Gasteiger partial charge in [0.25, 0.3) is 5.91 Å². The van der Waals surface area contributed by atoms with Crippen molar-refractivity contribution < 1.29 is 4.79 Å². The maximum absolute atomic E-state index is 13.2. The number of aromatic nitrogens is 1. The fourth-order valence-corrected chi connectivity index (χ4v) is 4.30. The molecule has 0 bridgehead atoms. The van der Waals surface area contributed by atoms with Crippen LogP contribution in [-0.4, -0.2) is 42.0 Å². The number of likely N-dealkylation sites (tertiary alicyclic amines) is 1. The van der Waals surface area contributed by atoms with Crippen molar-refractivity contribution >= 4 is 33.4 Å². The second kappa shape index (κ2) is 5.81. The Kier molecular flexibility index (Phi) is 3.45. The lowest BCUT2D eigenvalue weighted by atomic mass is 10.0. The van der Waals surface area contributed by atoms with E-state index in [1.165, 1.54) is 25.9 Å². The lowest BCUT2D eigenvalue weighted by Crippen LogP contribution is -2.31. The number of benzene rings is 2. The molecule has 0 saturated carbocycles. The highest BCUT2D eigenvalue weighted by atomic mass is 16.2. The maximum Gasteiger partial charge on any atom is 0.259 e. The standard InChI is InChI=1S/C21H21N3O/c25-21-19-15-7-1-2-8-16(15)22-17-9-5-10-18(20(17)19)24(21)14-6-13-23-11-3-4-12-23/h1-2,5,7-10H,3-4,6,11-14H2. The predicted molar refractivity (Wildman–Crippen MR) is 101 cm³/mol. The molecule has 1 saturated heterocycles. The first-order chi connectivity index (χ1) is 12.3. The molecule has 0 unspecified atom stereocenters. The van der Waals surface area contributed by atoms with Gasteiger partial charge in [-0.3, -0.25) is 4.79 Å². The number of rotatable bonds is 4. The average Bonchev–Trinajstić information content (AvgIpc) is 3.25. The normalized spacial score (nSPS) is 17.3. The molecule has 25 heavy (non-hydrogen) atoms. The predicted octanol–water partition coefficient (Wildman–Crippen LogP) is 3.83. The second-order valence-electron chi connectivity index (χ2n) is 7.03. The topological polar surface area (TPSA) is 36.4 Å². The van der Waals surface area contributed by atoms with E-state index in [4.69, 9.17) is 4.98 Å². The molecule has 1 amide bonds. The molecule has 0 radical (unpaired) electrons. The van der Waals surface area contributed by atoms with Crippen molar-refractivity contribution in [2.45, 2.75) is 19.3 Å². The lowest BCUT2D eigenvalue weighted by Gasteiger charge is -2.20. The zero-order chi connectivity index (χ0) is 16.8. The molecule has 1 fully saturated rings. The van der Waals surface area contributed by atoms with E-state index in [0.717, 1.165) is 52.6 Å². The quantitative estimate of drug-likeness (QED) is 0.682. The Balaban J connectivity index is 1.52. The summed E-state index contributed by atoms with van der Waals surface area (Å²) in [5.41, 5.74) is 3.67. The summed E-state index contributed by atoms with van der Waals surface area (Å²) in [6, 6.07) is 14.0. The van der Waals surface area contributed by atoms with E-state index in [1.807, 2.05) is 41.3 Å². The molecule has 0 spiro atoms. The molecule has 0 N–H and O–H groups in total. The van der Waals surface area contributed by atoms with Crippen molar-refractivity contribution in [2.75, 3.05) is 31.1 Å². The number of anilines is 1. The highest BCUT2D eigenvalue weighted by Crippen LogP contribution is 2.40. The smallest absolute Gasteiger partial charge is 0.259 e. The van der Waals surface area contributed by atoms with Crippen LogP contribution in [0, 0.1) is 0 Å². The van der Waals surface area contributed by atoms with Gasteiger partial charge >= 0.3 is 0 Å². The molecule has 3 heterocycles. The van der Waals surface area contributed by atoms with Crippen LogP contribution in [0.1, 0.15) is 29.6 Å². The number of hydrogen-bond donors (Lipinski definition) is 0. The van der Waals surface area contributed by atoms with E-state index in [0.29, 0.717) is 0 Å². The summed E-state index contributed by atoms with van der Waals surface area (Å²) in [5.74, 6) is 0.131. The number of amides is 1. The molecule has 0 atom stereocenters. The Morgan fingerprint density at radius 1 is 0.920 bits per heavy atom. The van der Waals surface area contributed by atoms with Gasteiger partial charge in [-0.1, -0.05) is 24.3 Å². The fraction of sp³-hybridized carbons (Fsp3) is 0.333. The van der Waals surface area contributed by atoms with Gasteiger partial charge in [0.15, 0.2) is 0 Å². The Morgan fingerprint density at radius 3 is 2.60 bits per heavy atom. The molecule has 2 aromatic carbocycles. The minimum Gasteiger partial charge on any atom is -0.308 e. The number of hydrogen-bond acceptors (Lipinski definition) is 3. The van der Waals surface area contributed by atoms with Crippen LogP contribution in [0.2, 0.25) is 0 Å². The van der Waals surface area contributed by atoms with Crippen molar-refractivity contribution in [3.8, 4) is 0 Å². The molecule has 0 aliphatic carbocycles. The fourth-order valence-electron chi connectivity index (χ4n) is 4.30. The van der Waals surface area contributed by atoms with Gasteiger partial charge in [0.1, 0.15) is 0 Å². The molecular weight excluding hydrogens is 310 g/mol. The van der Waals surface area contributed by atoms with Gasteiger partial charge in [0, 0.05) is 17.3 Å². The van der Waals surface area contributed by atoms with Crippen molar-refractivity contribution in [2.24, 2.45) is 0 Å². The van der Waals surface area contributed by atoms with Crippen LogP contribution in [0.15, 0.2) is 42.5 Å². The van der Waals surface area contributed by atoms with E-state index in [9.17, 15) is 4.79 Å². The molecule has 4 nitrogen and oxygen atoms in total. The van der Waals surface area contributed by atoms with Crippen LogP contribution in [0.3, 0.4) is 0 Å². The number of carbonyl (C=O) groups is 1. The lowest BCUT2D eigenvalue weighted by molar-refractivity contribution is 0.0993. The number of nitrogens with zero attached hydrogens (tertiary/aromatic N) is 3. The van der Waals surface area contributed by atoms with Crippen LogP contribution < -0.4 is 4.90 Å². The van der Waals surface area contributed by atoms with Crippen molar-refractivity contribution in [1.82, 2.24) is 9.88 Å². The third kappa shape index (κ3) is 2.32. The number of fused-ring (bicyclic) bond motifs is 2. The molecule has 4 heteroatoms. The summed E-state index contributed by atoms with van der Waals surface area (Å²) in [6.45, 7) is 4.27. The summed E-state index contributed by atoms with van der Waals surface area (Å²) in [7, 11) is 0. The first-order valence-electron chi connectivity index (χ1n) is 9.18. The number of carbonyl (C=O) groups excluding carboxylic acids is 1. The SMILES string of the molecule is O=C1c2c3ccccc3nc3cccc(c23)N1CCCN1CCCC1. The first kappa shape index (κ1) is 14.8. The highest BCUT2D eigenvalue weighted by Gasteiger charge is 2.31. The molecule has 2 aliphatic rings. The van der Waals surface area contributed by atoms with Crippen molar-refractivity contribution in [3.05, 3.63) is 48.0 Å². The van der Waals surface area contributed by atoms with Gasteiger partial charge in [-0.2, -0.15) is 0 Å². The van der Waals surface area contributed by atoms with Crippen LogP contribution in [-0.2, 0) is 0 Å². The molecule has 3 aromatic rings.